The topological polar surface area (TPSA) is 28.2 Å². The van der Waals surface area contributed by atoms with Crippen LogP contribution in [0, 0.1) is 5.41 Å². The van der Waals surface area contributed by atoms with Gasteiger partial charge in [0.2, 0.25) is 0 Å². The molecule has 1 aromatic heterocycles. The molecule has 0 unspecified atom stereocenters. The molecule has 18 heavy (non-hydrogen) atoms. The summed E-state index contributed by atoms with van der Waals surface area (Å²) in [7, 11) is 2.14. The molecule has 0 aliphatic carbocycles. The van der Waals surface area contributed by atoms with Gasteiger partial charge >= 0.3 is 0 Å². The molecule has 0 amide bonds. The molecule has 0 spiro atoms. The molecule has 0 atom stereocenters. The van der Waals surface area contributed by atoms with Gasteiger partial charge in [-0.2, -0.15) is 0 Å². The minimum atomic E-state index is 0.423. The van der Waals surface area contributed by atoms with Gasteiger partial charge in [-0.05, 0) is 37.6 Å². The predicted octanol–water partition coefficient (Wildman–Crippen LogP) is 2.54. The van der Waals surface area contributed by atoms with Crippen LogP contribution in [0.2, 0.25) is 0 Å². The average Bonchev–Trinajstić information content (AvgIpc) is 2.28. The Morgan fingerprint density at radius 1 is 1.22 bits per heavy atom. The fourth-order valence-electron chi connectivity index (χ4n) is 1.71. The third-order valence-electron chi connectivity index (χ3n) is 2.88. The van der Waals surface area contributed by atoms with Crippen LogP contribution in [0.1, 0.15) is 32.9 Å². The Labute approximate surface area is 112 Å². The molecule has 0 aliphatic rings. The van der Waals surface area contributed by atoms with E-state index in [1.54, 1.807) is 0 Å². The second kappa shape index (κ2) is 7.49. The molecule has 1 rings (SSSR count). The van der Waals surface area contributed by atoms with Crippen molar-refractivity contribution in [3.63, 3.8) is 0 Å². The molecular weight excluding hydrogens is 222 g/mol. The first-order chi connectivity index (χ1) is 8.47. The van der Waals surface area contributed by atoms with Crippen LogP contribution in [0.25, 0.3) is 0 Å². The zero-order valence-corrected chi connectivity index (χ0v) is 12.2. The molecular formula is C15H27N3. The van der Waals surface area contributed by atoms with Gasteiger partial charge in [0.15, 0.2) is 0 Å². The van der Waals surface area contributed by atoms with Crippen LogP contribution < -0.4 is 5.32 Å². The van der Waals surface area contributed by atoms with Crippen molar-refractivity contribution in [3.05, 3.63) is 30.1 Å². The van der Waals surface area contributed by atoms with E-state index in [0.29, 0.717) is 5.41 Å². The van der Waals surface area contributed by atoms with Crippen molar-refractivity contribution in [2.24, 2.45) is 5.41 Å². The van der Waals surface area contributed by atoms with E-state index >= 15 is 0 Å². The van der Waals surface area contributed by atoms with Gasteiger partial charge in [0.25, 0.3) is 0 Å². The summed E-state index contributed by atoms with van der Waals surface area (Å²) in [6.45, 7) is 11.0. The van der Waals surface area contributed by atoms with E-state index in [0.717, 1.165) is 31.9 Å². The summed E-state index contributed by atoms with van der Waals surface area (Å²) in [5, 5.41) is 3.50. The van der Waals surface area contributed by atoms with Gasteiger partial charge in [0.05, 0.1) is 5.69 Å². The minimum Gasteiger partial charge on any atom is -0.315 e. The van der Waals surface area contributed by atoms with Crippen molar-refractivity contribution in [1.82, 2.24) is 15.2 Å². The summed E-state index contributed by atoms with van der Waals surface area (Å²) in [5.41, 5.74) is 1.56. The maximum atomic E-state index is 4.33. The summed E-state index contributed by atoms with van der Waals surface area (Å²) in [6, 6.07) is 6.07. The number of hydrogen-bond donors (Lipinski definition) is 1. The Balaban J connectivity index is 2.09. The first kappa shape index (κ1) is 15.1. The van der Waals surface area contributed by atoms with Crippen molar-refractivity contribution < 1.29 is 0 Å². The molecule has 102 valence electrons. The monoisotopic (exact) mass is 249 g/mol. The van der Waals surface area contributed by atoms with Crippen LogP contribution >= 0.6 is 0 Å². The number of pyridine rings is 1. The van der Waals surface area contributed by atoms with Crippen LogP contribution in [0.15, 0.2) is 24.4 Å². The summed E-state index contributed by atoms with van der Waals surface area (Å²) >= 11 is 0. The number of hydrogen-bond acceptors (Lipinski definition) is 3. The molecule has 3 heteroatoms. The van der Waals surface area contributed by atoms with Crippen LogP contribution in [-0.2, 0) is 6.54 Å². The van der Waals surface area contributed by atoms with Crippen LogP contribution in [-0.4, -0.2) is 36.6 Å². The molecule has 0 bridgehead atoms. The lowest BCUT2D eigenvalue weighted by Crippen LogP contribution is -2.30. The lowest BCUT2D eigenvalue weighted by molar-refractivity contribution is 0.311. The van der Waals surface area contributed by atoms with E-state index in [1.807, 2.05) is 18.3 Å². The third kappa shape index (κ3) is 7.41. The van der Waals surface area contributed by atoms with Crippen LogP contribution in [0.3, 0.4) is 0 Å². The normalized spacial score (nSPS) is 12.1. The summed E-state index contributed by atoms with van der Waals surface area (Å²) in [5.74, 6) is 0. The summed E-state index contributed by atoms with van der Waals surface area (Å²) < 4.78 is 0. The van der Waals surface area contributed by atoms with E-state index in [2.05, 4.69) is 49.1 Å². The third-order valence-corrected chi connectivity index (χ3v) is 2.88. The fraction of sp³-hybridized carbons (Fsp3) is 0.667. The van der Waals surface area contributed by atoms with Crippen molar-refractivity contribution in [2.45, 2.75) is 33.7 Å². The standard InChI is InChI=1S/C15H27N3/c1-15(2,3)8-10-16-11-12-18(4)13-14-7-5-6-9-17-14/h5-7,9,16H,8,10-13H2,1-4H3. The number of nitrogens with zero attached hydrogens (tertiary/aromatic N) is 2. The number of rotatable bonds is 7. The molecule has 0 radical (unpaired) electrons. The number of likely N-dealkylation sites (N-methyl/N-ethyl adjacent to an activating group) is 1. The van der Waals surface area contributed by atoms with Crippen molar-refractivity contribution in [1.29, 1.82) is 0 Å². The Hall–Kier alpha value is -0.930. The molecule has 0 aliphatic heterocycles. The van der Waals surface area contributed by atoms with Crippen LogP contribution in [0.5, 0.6) is 0 Å². The average molecular weight is 249 g/mol. The molecule has 0 saturated carbocycles. The quantitative estimate of drug-likeness (QED) is 0.753. The van der Waals surface area contributed by atoms with Gasteiger partial charge in [0, 0.05) is 25.8 Å². The number of aromatic nitrogens is 1. The Morgan fingerprint density at radius 2 is 2.00 bits per heavy atom. The van der Waals surface area contributed by atoms with Crippen molar-refractivity contribution in [3.8, 4) is 0 Å². The highest BCUT2D eigenvalue weighted by Crippen LogP contribution is 2.16. The van der Waals surface area contributed by atoms with Crippen LogP contribution in [0.4, 0.5) is 0 Å². The van der Waals surface area contributed by atoms with Crippen molar-refractivity contribution in [2.75, 3.05) is 26.7 Å². The van der Waals surface area contributed by atoms with Gasteiger partial charge in [-0.1, -0.05) is 26.8 Å². The molecule has 1 heterocycles. The first-order valence-electron chi connectivity index (χ1n) is 6.76. The highest BCUT2D eigenvalue weighted by Gasteiger charge is 2.08. The van der Waals surface area contributed by atoms with E-state index in [9.17, 15) is 0 Å². The Kier molecular flexibility index (Phi) is 6.30. The SMILES string of the molecule is CN(CCNCCC(C)(C)C)Cc1ccccn1. The fourth-order valence-corrected chi connectivity index (χ4v) is 1.71. The Bertz CT molecular complexity index is 316. The first-order valence-corrected chi connectivity index (χ1v) is 6.76. The van der Waals surface area contributed by atoms with Crippen molar-refractivity contribution >= 4 is 0 Å². The molecule has 1 aromatic rings. The van der Waals surface area contributed by atoms with Gasteiger partial charge < -0.3 is 5.32 Å². The highest BCUT2D eigenvalue weighted by atomic mass is 15.1. The predicted molar refractivity (Wildman–Crippen MR) is 77.5 cm³/mol. The van der Waals surface area contributed by atoms with E-state index < -0.39 is 0 Å². The van der Waals surface area contributed by atoms with Gasteiger partial charge in [-0.15, -0.1) is 0 Å². The van der Waals surface area contributed by atoms with Gasteiger partial charge in [-0.25, -0.2) is 0 Å². The second-order valence-electron chi connectivity index (χ2n) is 6.12. The molecule has 0 saturated heterocycles. The minimum absolute atomic E-state index is 0.423. The van der Waals surface area contributed by atoms with E-state index in [4.69, 9.17) is 0 Å². The molecule has 3 nitrogen and oxygen atoms in total. The summed E-state index contributed by atoms with van der Waals surface area (Å²) in [4.78, 5) is 6.63. The maximum absolute atomic E-state index is 4.33. The second-order valence-corrected chi connectivity index (χ2v) is 6.12. The number of nitrogens with one attached hydrogen (secondary N) is 1. The summed E-state index contributed by atoms with van der Waals surface area (Å²) in [6.07, 6.45) is 3.07. The zero-order chi connectivity index (χ0) is 13.4. The molecule has 1 N–H and O–H groups in total. The molecule has 0 aromatic carbocycles. The zero-order valence-electron chi connectivity index (χ0n) is 12.2. The largest absolute Gasteiger partial charge is 0.315 e. The van der Waals surface area contributed by atoms with Gasteiger partial charge in [0.1, 0.15) is 0 Å². The maximum Gasteiger partial charge on any atom is 0.0543 e. The van der Waals surface area contributed by atoms with Gasteiger partial charge in [-0.3, -0.25) is 9.88 Å². The molecule has 0 fully saturated rings. The lowest BCUT2D eigenvalue weighted by Gasteiger charge is -2.20. The van der Waals surface area contributed by atoms with E-state index in [-0.39, 0.29) is 0 Å². The Morgan fingerprint density at radius 3 is 2.61 bits per heavy atom. The van der Waals surface area contributed by atoms with E-state index in [1.165, 1.54) is 6.42 Å². The lowest BCUT2D eigenvalue weighted by atomic mass is 9.92. The highest BCUT2D eigenvalue weighted by molar-refractivity contribution is 5.02. The smallest absolute Gasteiger partial charge is 0.0543 e.